The summed E-state index contributed by atoms with van der Waals surface area (Å²) in [6.45, 7) is 3.27. The highest BCUT2D eigenvalue weighted by Crippen LogP contribution is 2.28. The third kappa shape index (κ3) is 6.21. The Kier molecular flexibility index (Phi) is 8.47. The second kappa shape index (κ2) is 11.5. The molecule has 0 aliphatic carbocycles. The number of hydrogen-bond donors (Lipinski definition) is 4. The largest absolute Gasteiger partial charge is 0.480 e. The van der Waals surface area contributed by atoms with Crippen molar-refractivity contribution in [3.63, 3.8) is 0 Å². The van der Waals surface area contributed by atoms with Crippen LogP contribution in [0.3, 0.4) is 0 Å². The van der Waals surface area contributed by atoms with E-state index in [2.05, 4.69) is 20.6 Å². The highest BCUT2D eigenvalue weighted by molar-refractivity contribution is 7.98. The van der Waals surface area contributed by atoms with Crippen molar-refractivity contribution in [3.8, 4) is 11.1 Å². The SMILES string of the molecule is CSCC[C@H](NC(=O)c1ccc(CNCc2cnc[nH]2)cc1-c1ccccc1C)C(=O)O. The number of thioether (sulfide) groups is 1. The van der Waals surface area contributed by atoms with E-state index in [9.17, 15) is 14.7 Å². The van der Waals surface area contributed by atoms with Crippen molar-refractivity contribution in [2.24, 2.45) is 0 Å². The van der Waals surface area contributed by atoms with Crippen LogP contribution in [0, 0.1) is 6.92 Å². The van der Waals surface area contributed by atoms with Crippen molar-refractivity contribution in [1.29, 1.82) is 0 Å². The van der Waals surface area contributed by atoms with Crippen molar-refractivity contribution >= 4 is 23.6 Å². The van der Waals surface area contributed by atoms with E-state index in [4.69, 9.17) is 0 Å². The highest BCUT2D eigenvalue weighted by Gasteiger charge is 2.22. The number of carbonyl (C=O) groups excluding carboxylic acids is 1. The topological polar surface area (TPSA) is 107 Å². The summed E-state index contributed by atoms with van der Waals surface area (Å²) < 4.78 is 0. The number of benzene rings is 2. The predicted octanol–water partition coefficient (Wildman–Crippen LogP) is 3.61. The van der Waals surface area contributed by atoms with Crippen molar-refractivity contribution < 1.29 is 14.7 Å². The van der Waals surface area contributed by atoms with Crippen molar-refractivity contribution in [2.75, 3.05) is 12.0 Å². The Labute approximate surface area is 192 Å². The summed E-state index contributed by atoms with van der Waals surface area (Å²) in [6.07, 6.45) is 5.70. The number of H-pyrrole nitrogens is 1. The molecule has 7 nitrogen and oxygen atoms in total. The summed E-state index contributed by atoms with van der Waals surface area (Å²) in [5, 5.41) is 15.6. The number of nitrogens with one attached hydrogen (secondary N) is 3. The lowest BCUT2D eigenvalue weighted by Crippen LogP contribution is -2.41. The van der Waals surface area contributed by atoms with Gasteiger partial charge in [-0.1, -0.05) is 30.3 Å². The summed E-state index contributed by atoms with van der Waals surface area (Å²) in [5.74, 6) is -0.749. The molecule has 1 heterocycles. The number of hydrogen-bond acceptors (Lipinski definition) is 5. The van der Waals surface area contributed by atoms with Gasteiger partial charge in [0.05, 0.1) is 6.33 Å². The Morgan fingerprint density at radius 1 is 1.16 bits per heavy atom. The first kappa shape index (κ1) is 23.6. The number of carboxylic acid groups (broad SMARTS) is 1. The van der Waals surface area contributed by atoms with Crippen LogP contribution in [0.2, 0.25) is 0 Å². The van der Waals surface area contributed by atoms with E-state index in [-0.39, 0.29) is 5.91 Å². The molecule has 0 radical (unpaired) electrons. The predicted molar refractivity (Wildman–Crippen MR) is 128 cm³/mol. The zero-order valence-corrected chi connectivity index (χ0v) is 19.0. The number of nitrogens with zero attached hydrogens (tertiary/aromatic N) is 1. The number of rotatable bonds is 11. The quantitative estimate of drug-likeness (QED) is 0.354. The summed E-state index contributed by atoms with van der Waals surface area (Å²) >= 11 is 1.55. The van der Waals surface area contributed by atoms with Crippen molar-refractivity contribution in [3.05, 3.63) is 77.4 Å². The van der Waals surface area contributed by atoms with E-state index in [1.807, 2.05) is 49.6 Å². The van der Waals surface area contributed by atoms with Gasteiger partial charge in [-0.05, 0) is 59.7 Å². The van der Waals surface area contributed by atoms with Gasteiger partial charge in [0, 0.05) is 30.5 Å². The van der Waals surface area contributed by atoms with E-state index in [0.717, 1.165) is 27.9 Å². The van der Waals surface area contributed by atoms with Gasteiger partial charge in [0.25, 0.3) is 5.91 Å². The number of aromatic nitrogens is 2. The van der Waals surface area contributed by atoms with E-state index in [0.29, 0.717) is 30.8 Å². The van der Waals surface area contributed by atoms with Crippen LogP contribution in [0.25, 0.3) is 11.1 Å². The number of aryl methyl sites for hydroxylation is 1. The zero-order chi connectivity index (χ0) is 22.9. The minimum atomic E-state index is -1.02. The molecule has 168 valence electrons. The Morgan fingerprint density at radius 2 is 1.97 bits per heavy atom. The molecule has 1 atom stereocenters. The van der Waals surface area contributed by atoms with Crippen LogP contribution in [-0.2, 0) is 17.9 Å². The van der Waals surface area contributed by atoms with Crippen LogP contribution in [0.5, 0.6) is 0 Å². The standard InChI is InChI=1S/C24H28N4O3S/c1-16-5-3-4-6-19(16)21-11-17(12-25-13-18-14-26-15-27-18)7-8-20(21)23(29)28-22(24(30)31)9-10-32-2/h3-8,11,14-15,22,25H,9-10,12-13H2,1-2H3,(H,26,27)(H,28,29)(H,30,31)/t22-/m0/s1. The van der Waals surface area contributed by atoms with Gasteiger partial charge < -0.3 is 20.7 Å². The molecule has 3 rings (SSSR count). The number of aliphatic carboxylic acids is 1. The van der Waals surface area contributed by atoms with Gasteiger partial charge in [0.2, 0.25) is 0 Å². The molecule has 4 N–H and O–H groups in total. The molecule has 0 unspecified atom stereocenters. The van der Waals surface area contributed by atoms with Crippen LogP contribution in [0.15, 0.2) is 55.0 Å². The first-order valence-electron chi connectivity index (χ1n) is 10.4. The summed E-state index contributed by atoms with van der Waals surface area (Å²) in [7, 11) is 0. The molecular weight excluding hydrogens is 424 g/mol. The minimum Gasteiger partial charge on any atom is -0.480 e. The van der Waals surface area contributed by atoms with Gasteiger partial charge in [-0.3, -0.25) is 4.79 Å². The molecule has 0 saturated carbocycles. The zero-order valence-electron chi connectivity index (χ0n) is 18.2. The molecular formula is C24H28N4O3S. The minimum absolute atomic E-state index is 0.373. The molecule has 0 aliphatic heterocycles. The third-order valence-corrected chi connectivity index (χ3v) is 5.82. The van der Waals surface area contributed by atoms with Gasteiger partial charge in [-0.25, -0.2) is 9.78 Å². The lowest BCUT2D eigenvalue weighted by atomic mass is 9.93. The maximum atomic E-state index is 13.1. The third-order valence-electron chi connectivity index (χ3n) is 5.18. The van der Waals surface area contributed by atoms with Gasteiger partial charge in [-0.2, -0.15) is 11.8 Å². The molecule has 2 aromatic carbocycles. The van der Waals surface area contributed by atoms with Gasteiger partial charge in [0.15, 0.2) is 0 Å². The molecule has 0 spiro atoms. The van der Waals surface area contributed by atoms with E-state index < -0.39 is 12.0 Å². The maximum Gasteiger partial charge on any atom is 0.326 e. The first-order chi connectivity index (χ1) is 15.5. The van der Waals surface area contributed by atoms with Gasteiger partial charge in [-0.15, -0.1) is 0 Å². The second-order valence-electron chi connectivity index (χ2n) is 7.52. The lowest BCUT2D eigenvalue weighted by Gasteiger charge is -2.18. The van der Waals surface area contributed by atoms with Crippen LogP contribution < -0.4 is 10.6 Å². The number of aromatic amines is 1. The fraction of sp³-hybridized carbons (Fsp3) is 0.292. The molecule has 1 amide bonds. The van der Waals surface area contributed by atoms with Crippen LogP contribution in [0.4, 0.5) is 0 Å². The number of imidazole rings is 1. The molecule has 0 aliphatic rings. The fourth-order valence-corrected chi connectivity index (χ4v) is 3.92. The first-order valence-corrected chi connectivity index (χ1v) is 11.8. The molecule has 8 heteroatoms. The van der Waals surface area contributed by atoms with E-state index in [1.165, 1.54) is 0 Å². The lowest BCUT2D eigenvalue weighted by molar-refractivity contribution is -0.139. The fourth-order valence-electron chi connectivity index (χ4n) is 3.45. The van der Waals surface area contributed by atoms with Gasteiger partial charge in [0.1, 0.15) is 6.04 Å². The van der Waals surface area contributed by atoms with Crippen molar-refractivity contribution in [1.82, 2.24) is 20.6 Å². The average Bonchev–Trinajstić information content (AvgIpc) is 3.30. The summed E-state index contributed by atoms with van der Waals surface area (Å²) in [5.41, 5.74) is 5.26. The molecule has 32 heavy (non-hydrogen) atoms. The number of carboxylic acids is 1. The molecule has 3 aromatic rings. The van der Waals surface area contributed by atoms with Gasteiger partial charge >= 0.3 is 5.97 Å². The Morgan fingerprint density at radius 3 is 2.66 bits per heavy atom. The summed E-state index contributed by atoms with van der Waals surface area (Å²) in [4.78, 5) is 31.8. The van der Waals surface area contributed by atoms with Crippen LogP contribution in [-0.4, -0.2) is 45.0 Å². The number of amides is 1. The van der Waals surface area contributed by atoms with Crippen LogP contribution >= 0.6 is 11.8 Å². The maximum absolute atomic E-state index is 13.1. The van der Waals surface area contributed by atoms with E-state index in [1.54, 1.807) is 30.4 Å². The Balaban J connectivity index is 1.86. The Bertz CT molecular complexity index is 1050. The Hall–Kier alpha value is -3.10. The highest BCUT2D eigenvalue weighted by atomic mass is 32.2. The summed E-state index contributed by atoms with van der Waals surface area (Å²) in [6, 6.07) is 12.6. The molecule has 0 fully saturated rings. The monoisotopic (exact) mass is 452 g/mol. The molecule has 0 bridgehead atoms. The molecule has 0 saturated heterocycles. The average molecular weight is 453 g/mol. The van der Waals surface area contributed by atoms with Crippen LogP contribution in [0.1, 0.15) is 33.6 Å². The number of carbonyl (C=O) groups is 2. The normalized spacial score (nSPS) is 11.8. The second-order valence-corrected chi connectivity index (χ2v) is 8.51. The van der Waals surface area contributed by atoms with E-state index >= 15 is 0 Å². The van der Waals surface area contributed by atoms with Crippen molar-refractivity contribution in [2.45, 2.75) is 32.5 Å². The smallest absolute Gasteiger partial charge is 0.326 e. The molecule has 1 aromatic heterocycles.